The molecule has 13 nitrogen and oxygen atoms in total. The summed E-state index contributed by atoms with van der Waals surface area (Å²) < 4.78 is -0.772. The summed E-state index contributed by atoms with van der Waals surface area (Å²) in [6.45, 7) is 3.68. The maximum Gasteiger partial charge on any atom is 0.322 e. The van der Waals surface area contributed by atoms with Crippen LogP contribution in [-0.2, 0) is 24.0 Å². The number of rotatable bonds is 6. The number of fused-ring (bicyclic) bond motifs is 2. The molecule has 37 heavy (non-hydrogen) atoms. The van der Waals surface area contributed by atoms with Gasteiger partial charge in [0.25, 0.3) is 0 Å². The second-order valence-corrected chi connectivity index (χ2v) is 14.1. The monoisotopic (exact) mass is 597 g/mol. The molecule has 0 saturated carbocycles. The molecule has 2 rings (SSSR count). The highest BCUT2D eigenvalue weighted by molar-refractivity contribution is 8.23. The summed E-state index contributed by atoms with van der Waals surface area (Å²) in [7, 11) is 0. The zero-order chi connectivity index (χ0) is 27.6. The van der Waals surface area contributed by atoms with E-state index in [2.05, 4.69) is 26.3 Å². The Morgan fingerprint density at radius 3 is 2.30 bits per heavy atom. The van der Waals surface area contributed by atoms with E-state index in [4.69, 9.17) is 5.11 Å². The lowest BCUT2D eigenvalue weighted by atomic mass is 10.3. The molecule has 5 unspecified atom stereocenters. The van der Waals surface area contributed by atoms with Gasteiger partial charge in [0.15, 0.2) is 5.96 Å². The van der Waals surface area contributed by atoms with Gasteiger partial charge in [-0.2, -0.15) is 0 Å². The molecule has 0 spiro atoms. The summed E-state index contributed by atoms with van der Waals surface area (Å²) in [5.74, 6) is -3.49. The quantitative estimate of drug-likeness (QED) is 0.200. The lowest BCUT2D eigenvalue weighted by Crippen LogP contribution is -2.46. The van der Waals surface area contributed by atoms with Crippen LogP contribution in [0.1, 0.15) is 13.8 Å². The smallest absolute Gasteiger partial charge is 0.322 e. The average Bonchev–Trinajstić information content (AvgIpc) is 3.19. The molecule has 7 N–H and O–H groups in total. The first-order chi connectivity index (χ1) is 17.5. The topological polar surface area (TPSA) is 207 Å². The number of guanidine groups is 1. The number of carbonyl (C=O) groups is 5. The lowest BCUT2D eigenvalue weighted by molar-refractivity contribution is -0.138. The normalized spacial score (nSPS) is 29.9. The number of carboxylic acids is 3. The van der Waals surface area contributed by atoms with Crippen molar-refractivity contribution in [3.05, 3.63) is 0 Å². The molecule has 1 saturated heterocycles. The van der Waals surface area contributed by atoms with Gasteiger partial charge < -0.3 is 36.6 Å². The third-order valence-corrected chi connectivity index (χ3v) is 11.8. The first-order valence-corrected chi connectivity index (χ1v) is 15.2. The summed E-state index contributed by atoms with van der Waals surface area (Å²) in [4.78, 5) is 65.0. The van der Waals surface area contributed by atoms with Crippen molar-refractivity contribution < 1.29 is 39.3 Å². The van der Waals surface area contributed by atoms with Crippen LogP contribution < -0.4 is 21.3 Å². The number of hydrogen-bond acceptors (Lipinski definition) is 12. The van der Waals surface area contributed by atoms with Crippen LogP contribution in [0.3, 0.4) is 0 Å². The Hall–Kier alpha value is -1.98. The van der Waals surface area contributed by atoms with Crippen LogP contribution in [0.25, 0.3) is 0 Å². The van der Waals surface area contributed by atoms with E-state index in [0.29, 0.717) is 5.75 Å². The van der Waals surface area contributed by atoms with Gasteiger partial charge >= 0.3 is 17.9 Å². The molecule has 0 aromatic rings. The number of thioether (sulfide) groups is 4. The van der Waals surface area contributed by atoms with Crippen LogP contribution in [0, 0.1) is 0 Å². The van der Waals surface area contributed by atoms with Crippen molar-refractivity contribution in [1.29, 1.82) is 0 Å². The molecule has 0 aromatic heterocycles. The van der Waals surface area contributed by atoms with Crippen LogP contribution in [0.5, 0.6) is 0 Å². The molecule has 2 aliphatic rings. The second kappa shape index (κ2) is 14.8. The molecule has 0 radical (unpaired) electrons. The summed E-state index contributed by atoms with van der Waals surface area (Å²) in [5.41, 5.74) is 0. The van der Waals surface area contributed by atoms with Crippen LogP contribution in [0.2, 0.25) is 0 Å². The van der Waals surface area contributed by atoms with Crippen molar-refractivity contribution in [3.63, 3.8) is 0 Å². The number of nitrogens with zero attached hydrogens (tertiary/aromatic N) is 1. The highest BCUT2D eigenvalue weighted by Gasteiger charge is 2.51. The van der Waals surface area contributed by atoms with Gasteiger partial charge in [-0.1, -0.05) is 6.92 Å². The van der Waals surface area contributed by atoms with Crippen molar-refractivity contribution >= 4 is 82.7 Å². The van der Waals surface area contributed by atoms with E-state index in [9.17, 15) is 34.2 Å². The van der Waals surface area contributed by atoms with Crippen molar-refractivity contribution in [1.82, 2.24) is 21.3 Å². The molecular weight excluding hydrogens is 567 g/mol. The predicted octanol–water partition coefficient (Wildman–Crippen LogP) is -0.822. The fourth-order valence-electron chi connectivity index (χ4n) is 3.39. The molecule has 208 valence electrons. The first kappa shape index (κ1) is 31.2. The lowest BCUT2D eigenvalue weighted by Gasteiger charge is -2.27. The van der Waals surface area contributed by atoms with Crippen molar-refractivity contribution in [2.24, 2.45) is 4.99 Å². The maximum atomic E-state index is 12.9. The summed E-state index contributed by atoms with van der Waals surface area (Å²) in [6, 6.07) is 0. The highest BCUT2D eigenvalue weighted by atomic mass is 32.2. The third kappa shape index (κ3) is 9.68. The van der Waals surface area contributed by atoms with Gasteiger partial charge in [0.05, 0.1) is 10.6 Å². The van der Waals surface area contributed by atoms with Gasteiger partial charge in [-0.15, -0.1) is 47.0 Å². The summed E-state index contributed by atoms with van der Waals surface area (Å²) in [6.07, 6.45) is 0. The van der Waals surface area contributed by atoms with E-state index < -0.39 is 61.3 Å². The van der Waals surface area contributed by atoms with Gasteiger partial charge in [-0.25, -0.2) is 0 Å². The van der Waals surface area contributed by atoms with E-state index in [1.54, 1.807) is 6.92 Å². The Bertz CT molecular complexity index is 910. The first-order valence-electron chi connectivity index (χ1n) is 11.3. The molecule has 1 fully saturated rings. The highest BCUT2D eigenvalue weighted by Crippen LogP contribution is 2.54. The van der Waals surface area contributed by atoms with Crippen LogP contribution in [-0.4, -0.2) is 120 Å². The maximum absolute atomic E-state index is 12.9. The zero-order valence-electron chi connectivity index (χ0n) is 20.2. The van der Waals surface area contributed by atoms with Crippen LogP contribution >= 0.6 is 47.0 Å². The van der Waals surface area contributed by atoms with Gasteiger partial charge in [-0.3, -0.25) is 29.0 Å². The molecule has 17 heteroatoms. The molecule has 2 aliphatic heterocycles. The van der Waals surface area contributed by atoms with Gasteiger partial charge in [0.2, 0.25) is 11.8 Å². The number of carbonyl (C=O) groups excluding carboxylic acids is 2. The molecule has 2 heterocycles. The van der Waals surface area contributed by atoms with E-state index in [1.165, 1.54) is 23.5 Å². The fourth-order valence-corrected chi connectivity index (χ4v) is 9.65. The number of aliphatic carboxylic acids is 3. The van der Waals surface area contributed by atoms with Crippen LogP contribution in [0.4, 0.5) is 0 Å². The Balaban J connectivity index is 2.31. The molecule has 0 aromatic carbocycles. The third-order valence-electron chi connectivity index (χ3n) is 4.98. The number of nitrogens with one attached hydrogen (secondary N) is 4. The Kier molecular flexibility index (Phi) is 12.5. The fraction of sp³-hybridized carbons (Fsp3) is 0.700. The van der Waals surface area contributed by atoms with E-state index in [1.807, 2.05) is 6.92 Å². The second-order valence-electron chi connectivity index (χ2n) is 7.98. The average molecular weight is 598 g/mol. The molecule has 0 aliphatic carbocycles. The van der Waals surface area contributed by atoms with Gasteiger partial charge in [-0.05, 0) is 12.7 Å². The Morgan fingerprint density at radius 1 is 1.03 bits per heavy atom. The molecule has 2 amide bonds. The minimum Gasteiger partial charge on any atom is -0.480 e. The largest absolute Gasteiger partial charge is 0.480 e. The van der Waals surface area contributed by atoms with Crippen molar-refractivity contribution in [2.45, 2.75) is 38.9 Å². The Morgan fingerprint density at radius 2 is 1.68 bits per heavy atom. The van der Waals surface area contributed by atoms with Crippen molar-refractivity contribution in [3.8, 4) is 0 Å². The number of hydrogen-bond donors (Lipinski definition) is 7. The van der Waals surface area contributed by atoms with Crippen LogP contribution in [0.15, 0.2) is 4.99 Å². The van der Waals surface area contributed by atoms with E-state index >= 15 is 0 Å². The Labute approximate surface area is 230 Å². The van der Waals surface area contributed by atoms with E-state index in [0.717, 1.165) is 23.5 Å². The number of amides is 2. The van der Waals surface area contributed by atoms with E-state index in [-0.39, 0.29) is 37.9 Å². The number of aliphatic imine (C=N–C) groups is 1. The molecule has 2 bridgehead atoms. The summed E-state index contributed by atoms with van der Waals surface area (Å²) >= 11 is 4.52. The molecular formula is C20H31N5O8S4. The zero-order valence-corrected chi connectivity index (χ0v) is 23.5. The minimum absolute atomic E-state index is 0.0924. The standard InChI is InChI=1S/C20H31N5O8S4/c1-3-34-11-13(17(30)31)35-9-20(2)36-12(14(37-20)18(32)33)16(29)22-5-7-24-19(25-8-10(26)27)23-6-4-21-15(11)28/h11-14H,3-9H2,1-2H3,(H,21,28)(H,22,29)(H,26,27)(H,30,31)(H,32,33)(H2,23,24,25). The molecule has 5 atom stereocenters. The summed E-state index contributed by atoms with van der Waals surface area (Å²) in [5, 5.41) is 35.5. The predicted molar refractivity (Wildman–Crippen MR) is 147 cm³/mol. The number of carboxylic acid groups (broad SMARTS) is 3. The minimum atomic E-state index is -1.16. The van der Waals surface area contributed by atoms with Gasteiger partial charge in [0.1, 0.15) is 27.5 Å². The SMILES string of the molecule is CCSC1C(=O)NCCN=C(NCC(=O)O)NCCNC(=O)C2SC(C)(CSC1C(=O)O)SC2C(=O)O. The van der Waals surface area contributed by atoms with Crippen molar-refractivity contribution in [2.75, 3.05) is 44.2 Å². The van der Waals surface area contributed by atoms with Gasteiger partial charge in [0, 0.05) is 25.4 Å².